The summed E-state index contributed by atoms with van der Waals surface area (Å²) in [6.07, 6.45) is 2.17. The summed E-state index contributed by atoms with van der Waals surface area (Å²) in [5.74, 6) is -0.226. The minimum absolute atomic E-state index is 0.0801. The Morgan fingerprint density at radius 1 is 1.24 bits per heavy atom. The molecule has 3 aromatic heterocycles. The van der Waals surface area contributed by atoms with Crippen molar-refractivity contribution in [3.63, 3.8) is 0 Å². The van der Waals surface area contributed by atoms with Gasteiger partial charge in [0.05, 0.1) is 6.33 Å². The monoisotopic (exact) mass is 353 g/mol. The van der Waals surface area contributed by atoms with Gasteiger partial charge in [0.1, 0.15) is 17.6 Å². The van der Waals surface area contributed by atoms with Crippen molar-refractivity contribution in [2.24, 2.45) is 0 Å². The van der Waals surface area contributed by atoms with Crippen molar-refractivity contribution >= 4 is 39.3 Å². The molecule has 0 spiro atoms. The third-order valence-electron chi connectivity index (χ3n) is 3.94. The zero-order chi connectivity index (χ0) is 17.2. The number of fused-ring (bicyclic) bond motifs is 3. The molecular formula is C18H15N3O3S. The van der Waals surface area contributed by atoms with Crippen molar-refractivity contribution in [3.05, 3.63) is 63.3 Å². The van der Waals surface area contributed by atoms with Gasteiger partial charge >= 0.3 is 0 Å². The van der Waals surface area contributed by atoms with E-state index in [0.717, 1.165) is 11.8 Å². The van der Waals surface area contributed by atoms with Crippen LogP contribution < -0.4 is 10.9 Å². The highest BCUT2D eigenvalue weighted by atomic mass is 32.1. The maximum Gasteiger partial charge on any atom is 0.297 e. The number of carbonyl (C=O) groups excluding carboxylic acids is 1. The van der Waals surface area contributed by atoms with Gasteiger partial charge in [0.15, 0.2) is 0 Å². The number of benzene rings is 1. The molecule has 3 heterocycles. The second kappa shape index (κ2) is 6.52. The van der Waals surface area contributed by atoms with E-state index >= 15 is 0 Å². The third-order valence-corrected chi connectivity index (χ3v) is 4.87. The number of furan rings is 1. The average Bonchev–Trinajstić information content (AvgIpc) is 3.25. The number of amides is 1. The molecule has 0 radical (unpaired) electrons. The number of hydrogen-bond acceptors (Lipinski definition) is 5. The van der Waals surface area contributed by atoms with E-state index in [1.165, 1.54) is 15.8 Å². The Hall–Kier alpha value is -2.93. The lowest BCUT2D eigenvalue weighted by Gasteiger charge is -2.06. The molecule has 1 aromatic carbocycles. The molecule has 1 amide bonds. The first kappa shape index (κ1) is 15.6. The maximum atomic E-state index is 12.5. The summed E-state index contributed by atoms with van der Waals surface area (Å²) in [7, 11) is 0. The summed E-state index contributed by atoms with van der Waals surface area (Å²) in [5, 5.41) is 5.62. The predicted octanol–water partition coefficient (Wildman–Crippen LogP) is 2.56. The predicted molar refractivity (Wildman–Crippen MR) is 96.8 cm³/mol. The quantitative estimate of drug-likeness (QED) is 0.598. The van der Waals surface area contributed by atoms with Crippen LogP contribution in [0, 0.1) is 0 Å². The zero-order valence-electron chi connectivity index (χ0n) is 13.3. The Morgan fingerprint density at radius 2 is 2.12 bits per heavy atom. The third kappa shape index (κ3) is 3.06. The molecule has 0 fully saturated rings. The van der Waals surface area contributed by atoms with Gasteiger partial charge in [0.25, 0.3) is 5.56 Å². The first-order valence-corrected chi connectivity index (χ1v) is 8.76. The van der Waals surface area contributed by atoms with Gasteiger partial charge in [-0.1, -0.05) is 18.2 Å². The fourth-order valence-electron chi connectivity index (χ4n) is 2.72. The summed E-state index contributed by atoms with van der Waals surface area (Å²) in [4.78, 5) is 30.1. The van der Waals surface area contributed by atoms with Crippen LogP contribution in [0.1, 0.15) is 4.88 Å². The standard InChI is InChI=1S/C18H15N3O3S/c22-15(19-8-7-12-4-3-9-25-12)10-21-11-20-16-13-5-1-2-6-14(13)24-17(16)18(21)23/h1-6,9,11H,7-8,10H2,(H,19,22). The first-order valence-electron chi connectivity index (χ1n) is 7.88. The summed E-state index contributed by atoms with van der Waals surface area (Å²) in [5.41, 5.74) is 0.958. The summed E-state index contributed by atoms with van der Waals surface area (Å²) < 4.78 is 6.88. The molecule has 25 heavy (non-hydrogen) atoms. The molecule has 6 nitrogen and oxygen atoms in total. The van der Waals surface area contributed by atoms with Crippen LogP contribution in [0.25, 0.3) is 22.1 Å². The van der Waals surface area contributed by atoms with E-state index in [0.29, 0.717) is 17.6 Å². The molecule has 0 atom stereocenters. The normalized spacial score (nSPS) is 11.2. The lowest BCUT2D eigenvalue weighted by molar-refractivity contribution is -0.121. The average molecular weight is 353 g/mol. The molecule has 4 aromatic rings. The highest BCUT2D eigenvalue weighted by Crippen LogP contribution is 2.23. The Labute approximate surface area is 146 Å². The van der Waals surface area contributed by atoms with Crippen LogP contribution in [-0.4, -0.2) is 22.0 Å². The zero-order valence-corrected chi connectivity index (χ0v) is 14.1. The molecule has 0 aliphatic rings. The topological polar surface area (TPSA) is 77.1 Å². The van der Waals surface area contributed by atoms with Crippen LogP contribution in [0.15, 0.2) is 57.3 Å². The summed E-state index contributed by atoms with van der Waals surface area (Å²) >= 11 is 1.66. The number of aromatic nitrogens is 2. The van der Waals surface area contributed by atoms with E-state index in [1.807, 2.05) is 35.7 Å². The van der Waals surface area contributed by atoms with E-state index in [2.05, 4.69) is 10.3 Å². The Morgan fingerprint density at radius 3 is 2.96 bits per heavy atom. The van der Waals surface area contributed by atoms with Gasteiger partial charge in [-0.3, -0.25) is 14.2 Å². The van der Waals surface area contributed by atoms with Gasteiger partial charge in [-0.25, -0.2) is 4.98 Å². The van der Waals surface area contributed by atoms with Gasteiger partial charge in [-0.05, 0) is 30.0 Å². The van der Waals surface area contributed by atoms with Crippen molar-refractivity contribution in [1.29, 1.82) is 0 Å². The summed E-state index contributed by atoms with van der Waals surface area (Å²) in [6, 6.07) is 11.4. The summed E-state index contributed by atoms with van der Waals surface area (Å²) in [6.45, 7) is 0.456. The van der Waals surface area contributed by atoms with Crippen molar-refractivity contribution in [1.82, 2.24) is 14.9 Å². The Balaban J connectivity index is 1.51. The van der Waals surface area contributed by atoms with E-state index in [1.54, 1.807) is 17.4 Å². The number of thiophene rings is 1. The van der Waals surface area contributed by atoms with Crippen molar-refractivity contribution in [3.8, 4) is 0 Å². The molecule has 126 valence electrons. The molecule has 0 unspecified atom stereocenters. The van der Waals surface area contributed by atoms with E-state index in [9.17, 15) is 9.59 Å². The minimum atomic E-state index is -0.352. The lowest BCUT2D eigenvalue weighted by atomic mass is 10.2. The van der Waals surface area contributed by atoms with Crippen LogP contribution in [0.3, 0.4) is 0 Å². The van der Waals surface area contributed by atoms with Gasteiger partial charge in [0.2, 0.25) is 11.5 Å². The fraction of sp³-hybridized carbons (Fsp3) is 0.167. The van der Waals surface area contributed by atoms with E-state index in [4.69, 9.17) is 4.42 Å². The lowest BCUT2D eigenvalue weighted by Crippen LogP contribution is -2.33. The number of carbonyl (C=O) groups is 1. The number of para-hydroxylation sites is 1. The number of hydrogen-bond donors (Lipinski definition) is 1. The molecule has 0 saturated carbocycles. The Bertz CT molecular complexity index is 1100. The smallest absolute Gasteiger partial charge is 0.297 e. The van der Waals surface area contributed by atoms with Gasteiger partial charge in [-0.15, -0.1) is 11.3 Å². The molecule has 1 N–H and O–H groups in total. The highest BCUT2D eigenvalue weighted by molar-refractivity contribution is 7.09. The van der Waals surface area contributed by atoms with Crippen LogP contribution in [0.5, 0.6) is 0 Å². The molecule has 0 aliphatic heterocycles. The van der Waals surface area contributed by atoms with Gasteiger partial charge in [0, 0.05) is 16.8 Å². The molecule has 0 aliphatic carbocycles. The van der Waals surface area contributed by atoms with Crippen LogP contribution in [0.2, 0.25) is 0 Å². The van der Waals surface area contributed by atoms with E-state index < -0.39 is 0 Å². The largest absolute Gasteiger partial charge is 0.448 e. The molecular weight excluding hydrogens is 338 g/mol. The van der Waals surface area contributed by atoms with Crippen molar-refractivity contribution in [2.45, 2.75) is 13.0 Å². The Kier molecular flexibility index (Phi) is 4.07. The second-order valence-corrected chi connectivity index (χ2v) is 6.67. The SMILES string of the molecule is O=C(Cn1cnc2c(oc3ccccc32)c1=O)NCCc1cccs1. The van der Waals surface area contributed by atoms with Crippen LogP contribution >= 0.6 is 11.3 Å². The maximum absolute atomic E-state index is 12.5. The number of nitrogens with zero attached hydrogens (tertiary/aromatic N) is 2. The van der Waals surface area contributed by atoms with Crippen molar-refractivity contribution in [2.75, 3.05) is 6.54 Å². The molecule has 4 rings (SSSR count). The first-order chi connectivity index (χ1) is 12.2. The fourth-order valence-corrected chi connectivity index (χ4v) is 3.43. The molecule has 0 bridgehead atoms. The number of nitrogens with one attached hydrogen (secondary N) is 1. The van der Waals surface area contributed by atoms with Gasteiger partial charge < -0.3 is 9.73 Å². The number of rotatable bonds is 5. The van der Waals surface area contributed by atoms with Crippen molar-refractivity contribution < 1.29 is 9.21 Å². The van der Waals surface area contributed by atoms with Gasteiger partial charge in [-0.2, -0.15) is 0 Å². The van der Waals surface area contributed by atoms with Crippen LogP contribution in [-0.2, 0) is 17.8 Å². The van der Waals surface area contributed by atoms with E-state index in [-0.39, 0.29) is 23.6 Å². The molecule has 0 saturated heterocycles. The second-order valence-electron chi connectivity index (χ2n) is 5.63. The minimum Gasteiger partial charge on any atom is -0.448 e. The van der Waals surface area contributed by atoms with Crippen LogP contribution in [0.4, 0.5) is 0 Å². The molecule has 7 heteroatoms. The highest BCUT2D eigenvalue weighted by Gasteiger charge is 2.14.